The van der Waals surface area contributed by atoms with E-state index in [0.717, 1.165) is 0 Å². The smallest absolute Gasteiger partial charge is 0.326 e. The van der Waals surface area contributed by atoms with Gasteiger partial charge < -0.3 is 20.5 Å². The van der Waals surface area contributed by atoms with Gasteiger partial charge in [-0.3, -0.25) is 14.4 Å². The number of methoxy groups -OCH3 is 1. The first-order chi connectivity index (χ1) is 12.2. The molecule has 1 aromatic rings. The molecular formula is C17H21FN2O6. The van der Waals surface area contributed by atoms with Crippen LogP contribution in [0.5, 0.6) is 0 Å². The fraction of sp³-hybridized carbons (Fsp3) is 0.412. The summed E-state index contributed by atoms with van der Waals surface area (Å²) in [5.41, 5.74) is 0.459. The van der Waals surface area contributed by atoms with Gasteiger partial charge >= 0.3 is 11.9 Å². The van der Waals surface area contributed by atoms with Crippen LogP contribution in [0.15, 0.2) is 24.3 Å². The van der Waals surface area contributed by atoms with Crippen molar-refractivity contribution in [2.24, 2.45) is 0 Å². The third kappa shape index (κ3) is 7.29. The second-order valence-corrected chi connectivity index (χ2v) is 5.60. The predicted octanol–water partition coefficient (Wildman–Crippen LogP) is 0.395. The van der Waals surface area contributed by atoms with Gasteiger partial charge in [0, 0.05) is 19.8 Å². The van der Waals surface area contributed by atoms with Crippen molar-refractivity contribution in [3.05, 3.63) is 35.6 Å². The van der Waals surface area contributed by atoms with Gasteiger partial charge in [0.15, 0.2) is 0 Å². The van der Waals surface area contributed by atoms with Crippen molar-refractivity contribution >= 4 is 23.8 Å². The Hall–Kier alpha value is -2.97. The Kier molecular flexibility index (Phi) is 8.20. The first-order valence-electron chi connectivity index (χ1n) is 7.84. The zero-order valence-corrected chi connectivity index (χ0v) is 14.5. The molecule has 0 fully saturated rings. The Balaban J connectivity index is 2.83. The lowest BCUT2D eigenvalue weighted by atomic mass is 10.0. The maximum Gasteiger partial charge on any atom is 0.326 e. The Bertz CT molecular complexity index is 679. The number of carboxylic acid groups (broad SMARTS) is 1. The van der Waals surface area contributed by atoms with Gasteiger partial charge in [-0.2, -0.15) is 0 Å². The zero-order chi connectivity index (χ0) is 19.7. The molecule has 0 aliphatic carbocycles. The largest absolute Gasteiger partial charge is 0.480 e. The third-order valence-electron chi connectivity index (χ3n) is 3.50. The first kappa shape index (κ1) is 21.1. The fourth-order valence-electron chi connectivity index (χ4n) is 2.25. The maximum absolute atomic E-state index is 13.3. The number of halogens is 1. The molecule has 0 aromatic heterocycles. The second-order valence-electron chi connectivity index (χ2n) is 5.60. The number of ether oxygens (including phenoxy) is 1. The average molecular weight is 368 g/mol. The van der Waals surface area contributed by atoms with E-state index in [1.807, 2.05) is 0 Å². The molecule has 26 heavy (non-hydrogen) atoms. The maximum atomic E-state index is 13.3. The Morgan fingerprint density at radius 2 is 1.88 bits per heavy atom. The van der Waals surface area contributed by atoms with Crippen molar-refractivity contribution in [2.75, 3.05) is 7.11 Å². The summed E-state index contributed by atoms with van der Waals surface area (Å²) >= 11 is 0. The molecule has 0 bridgehead atoms. The van der Waals surface area contributed by atoms with Gasteiger partial charge in [-0.25, -0.2) is 9.18 Å². The highest BCUT2D eigenvalue weighted by atomic mass is 19.1. The topological polar surface area (TPSA) is 122 Å². The zero-order valence-electron chi connectivity index (χ0n) is 14.5. The molecule has 0 saturated heterocycles. The van der Waals surface area contributed by atoms with Crippen LogP contribution in [0.4, 0.5) is 4.39 Å². The van der Waals surface area contributed by atoms with Gasteiger partial charge in [-0.05, 0) is 24.1 Å². The van der Waals surface area contributed by atoms with E-state index in [0.29, 0.717) is 5.56 Å². The lowest BCUT2D eigenvalue weighted by molar-refractivity contribution is -0.144. The molecule has 0 saturated carbocycles. The summed E-state index contributed by atoms with van der Waals surface area (Å²) in [5, 5.41) is 13.9. The summed E-state index contributed by atoms with van der Waals surface area (Å²) in [6, 6.07) is 3.08. The minimum atomic E-state index is -1.33. The van der Waals surface area contributed by atoms with Crippen LogP contribution in [0.3, 0.4) is 0 Å². The van der Waals surface area contributed by atoms with Crippen LogP contribution in [0, 0.1) is 5.82 Å². The van der Waals surface area contributed by atoms with Gasteiger partial charge in [-0.1, -0.05) is 12.1 Å². The van der Waals surface area contributed by atoms with Crippen molar-refractivity contribution in [3.63, 3.8) is 0 Å². The number of amides is 2. The Morgan fingerprint density at radius 1 is 1.19 bits per heavy atom. The lowest BCUT2D eigenvalue weighted by Gasteiger charge is -2.21. The quantitative estimate of drug-likeness (QED) is 0.542. The summed E-state index contributed by atoms with van der Waals surface area (Å²) in [6.07, 6.45) is -0.379. The molecule has 0 radical (unpaired) electrons. The van der Waals surface area contributed by atoms with E-state index in [4.69, 9.17) is 0 Å². The molecule has 9 heteroatoms. The number of carbonyl (C=O) groups excluding carboxylic acids is 3. The number of hydrogen-bond acceptors (Lipinski definition) is 5. The van der Waals surface area contributed by atoms with Crippen LogP contribution in [-0.4, -0.2) is 48.1 Å². The van der Waals surface area contributed by atoms with Crippen molar-refractivity contribution < 1.29 is 33.4 Å². The normalized spacial score (nSPS) is 12.6. The number of carbonyl (C=O) groups is 4. The van der Waals surface area contributed by atoms with Gasteiger partial charge in [0.1, 0.15) is 17.9 Å². The number of esters is 1. The van der Waals surface area contributed by atoms with Gasteiger partial charge in [0.25, 0.3) is 0 Å². The molecule has 0 aliphatic rings. The molecule has 0 spiro atoms. The van der Waals surface area contributed by atoms with Gasteiger partial charge in [-0.15, -0.1) is 0 Å². The van der Waals surface area contributed by atoms with Crippen LogP contribution in [0.1, 0.15) is 25.3 Å². The van der Waals surface area contributed by atoms with Crippen molar-refractivity contribution in [3.8, 4) is 0 Å². The number of hydrogen-bond donors (Lipinski definition) is 3. The van der Waals surface area contributed by atoms with E-state index in [2.05, 4.69) is 15.4 Å². The van der Waals surface area contributed by atoms with Crippen LogP contribution in [0.2, 0.25) is 0 Å². The molecule has 0 heterocycles. The second kappa shape index (κ2) is 10.1. The molecule has 2 amide bonds. The molecule has 1 aromatic carbocycles. The predicted molar refractivity (Wildman–Crippen MR) is 88.5 cm³/mol. The summed E-state index contributed by atoms with van der Waals surface area (Å²) in [5.74, 6) is -3.67. The lowest BCUT2D eigenvalue weighted by Crippen LogP contribution is -2.52. The molecular weight excluding hydrogens is 347 g/mol. The molecule has 0 aliphatic heterocycles. The van der Waals surface area contributed by atoms with Crippen LogP contribution in [0.25, 0.3) is 0 Å². The number of nitrogens with one attached hydrogen (secondary N) is 2. The number of rotatable bonds is 9. The van der Waals surface area contributed by atoms with Crippen LogP contribution >= 0.6 is 0 Å². The monoisotopic (exact) mass is 368 g/mol. The third-order valence-corrected chi connectivity index (χ3v) is 3.50. The number of benzene rings is 1. The minimum Gasteiger partial charge on any atom is -0.480 e. The van der Waals surface area contributed by atoms with Crippen LogP contribution in [-0.2, 0) is 30.3 Å². The molecule has 2 atom stereocenters. The Morgan fingerprint density at radius 3 is 2.42 bits per heavy atom. The van der Waals surface area contributed by atoms with E-state index < -0.39 is 41.7 Å². The summed E-state index contributed by atoms with van der Waals surface area (Å²) in [4.78, 5) is 46.2. The first-order valence-corrected chi connectivity index (χ1v) is 7.84. The minimum absolute atomic E-state index is 0.0213. The van der Waals surface area contributed by atoms with E-state index >= 15 is 0 Å². The van der Waals surface area contributed by atoms with E-state index in [9.17, 15) is 28.7 Å². The Labute approximate surface area is 149 Å². The number of aliphatic carboxylic acids is 1. The summed E-state index contributed by atoms with van der Waals surface area (Å²) < 4.78 is 17.7. The molecule has 3 N–H and O–H groups in total. The molecule has 142 valence electrons. The summed E-state index contributed by atoms with van der Waals surface area (Å²) in [7, 11) is 1.17. The van der Waals surface area contributed by atoms with Crippen LogP contribution < -0.4 is 10.6 Å². The van der Waals surface area contributed by atoms with Crippen molar-refractivity contribution in [2.45, 2.75) is 38.3 Å². The van der Waals surface area contributed by atoms with Gasteiger partial charge in [0.2, 0.25) is 11.8 Å². The van der Waals surface area contributed by atoms with Crippen molar-refractivity contribution in [1.29, 1.82) is 0 Å². The number of carboxylic acids is 1. The highest BCUT2D eigenvalue weighted by Gasteiger charge is 2.26. The van der Waals surface area contributed by atoms with E-state index in [1.54, 1.807) is 6.07 Å². The molecule has 0 unspecified atom stereocenters. The highest BCUT2D eigenvalue weighted by Crippen LogP contribution is 2.08. The van der Waals surface area contributed by atoms with E-state index in [1.165, 1.54) is 32.2 Å². The molecule has 8 nitrogen and oxygen atoms in total. The SMILES string of the molecule is COC(=O)CC[C@H](NC(=O)[C@@H](Cc1cccc(F)c1)NC(C)=O)C(=O)O. The average Bonchev–Trinajstić information content (AvgIpc) is 2.56. The van der Waals surface area contributed by atoms with E-state index in [-0.39, 0.29) is 19.3 Å². The fourth-order valence-corrected chi connectivity index (χ4v) is 2.25. The van der Waals surface area contributed by atoms with Gasteiger partial charge in [0.05, 0.1) is 7.11 Å². The standard InChI is InChI=1S/C17H21FN2O6/c1-10(21)19-14(9-11-4-3-5-12(18)8-11)16(23)20-13(17(24)25)6-7-15(22)26-2/h3-5,8,13-14H,6-7,9H2,1-2H3,(H,19,21)(H,20,23)(H,24,25)/t13-,14+/m0/s1. The highest BCUT2D eigenvalue weighted by molar-refractivity contribution is 5.90. The van der Waals surface area contributed by atoms with Crippen molar-refractivity contribution in [1.82, 2.24) is 10.6 Å². The molecule has 1 rings (SSSR count). The summed E-state index contributed by atoms with van der Waals surface area (Å²) in [6.45, 7) is 1.21.